The normalized spacial score (nSPS) is 13.2. The highest BCUT2D eigenvalue weighted by atomic mass is 79.9. The summed E-state index contributed by atoms with van der Waals surface area (Å²) in [5.74, 6) is 0.946. The average molecular weight is 238 g/mol. The molecule has 0 spiro atoms. The van der Waals surface area contributed by atoms with Crippen molar-refractivity contribution in [1.29, 1.82) is 5.26 Å². The zero-order chi connectivity index (χ0) is 9.26. The highest BCUT2D eigenvalue weighted by Crippen LogP contribution is 2.34. The molecule has 1 aromatic carbocycles. The second-order valence-electron chi connectivity index (χ2n) is 3.00. The van der Waals surface area contributed by atoms with Gasteiger partial charge in [0.05, 0.1) is 23.6 Å². The zero-order valence-corrected chi connectivity index (χ0v) is 8.60. The fourth-order valence-corrected chi connectivity index (χ4v) is 2.18. The van der Waals surface area contributed by atoms with Crippen LogP contribution < -0.4 is 4.74 Å². The van der Waals surface area contributed by atoms with E-state index in [4.69, 9.17) is 10.00 Å². The number of halogens is 1. The second kappa shape index (κ2) is 3.39. The molecule has 0 unspecified atom stereocenters. The number of nitrogens with zero attached hydrogens (tertiary/aromatic N) is 1. The quantitative estimate of drug-likeness (QED) is 0.752. The summed E-state index contributed by atoms with van der Waals surface area (Å²) < 4.78 is 6.40. The predicted molar refractivity (Wildman–Crippen MR) is 52.7 cm³/mol. The Bertz CT molecular complexity index is 381. The standard InChI is InChI=1S/C10H8BrNO/c11-9-6-7(1-3-12)5-8-2-4-13-10(8)9/h5-6H,1-2,4H2. The molecule has 1 aliphatic rings. The minimum atomic E-state index is 0.464. The third kappa shape index (κ3) is 1.54. The van der Waals surface area contributed by atoms with E-state index < -0.39 is 0 Å². The molecule has 1 heterocycles. The van der Waals surface area contributed by atoms with Gasteiger partial charge in [0.25, 0.3) is 0 Å². The maximum atomic E-state index is 8.56. The molecular weight excluding hydrogens is 230 g/mol. The van der Waals surface area contributed by atoms with Crippen LogP contribution in [0.3, 0.4) is 0 Å². The van der Waals surface area contributed by atoms with Crippen LogP contribution in [0.5, 0.6) is 5.75 Å². The third-order valence-electron chi connectivity index (χ3n) is 2.08. The number of nitriles is 1. The molecule has 0 aromatic heterocycles. The van der Waals surface area contributed by atoms with E-state index in [1.54, 1.807) is 0 Å². The lowest BCUT2D eigenvalue weighted by Crippen LogP contribution is -1.87. The van der Waals surface area contributed by atoms with E-state index in [1.807, 2.05) is 6.07 Å². The molecule has 0 atom stereocenters. The van der Waals surface area contributed by atoms with Crippen LogP contribution in [0.15, 0.2) is 16.6 Å². The molecule has 0 bridgehead atoms. The monoisotopic (exact) mass is 237 g/mol. The van der Waals surface area contributed by atoms with Crippen LogP contribution in [-0.2, 0) is 12.8 Å². The Labute approximate surface area is 85.3 Å². The summed E-state index contributed by atoms with van der Waals surface area (Å²) in [5, 5.41) is 8.56. The van der Waals surface area contributed by atoms with E-state index in [0.717, 1.165) is 28.8 Å². The minimum absolute atomic E-state index is 0.464. The van der Waals surface area contributed by atoms with Crippen LogP contribution in [0.25, 0.3) is 0 Å². The van der Waals surface area contributed by atoms with E-state index in [0.29, 0.717) is 6.42 Å². The van der Waals surface area contributed by atoms with Crippen LogP contribution in [-0.4, -0.2) is 6.61 Å². The first-order valence-electron chi connectivity index (χ1n) is 4.12. The molecule has 0 radical (unpaired) electrons. The second-order valence-corrected chi connectivity index (χ2v) is 3.85. The summed E-state index contributed by atoms with van der Waals surface area (Å²) in [4.78, 5) is 0. The Hall–Kier alpha value is -1.01. The lowest BCUT2D eigenvalue weighted by molar-refractivity contribution is 0.355. The highest BCUT2D eigenvalue weighted by molar-refractivity contribution is 9.10. The van der Waals surface area contributed by atoms with Gasteiger partial charge in [0.1, 0.15) is 5.75 Å². The van der Waals surface area contributed by atoms with E-state index >= 15 is 0 Å². The summed E-state index contributed by atoms with van der Waals surface area (Å²) in [6.07, 6.45) is 1.42. The van der Waals surface area contributed by atoms with Crippen LogP contribution in [0, 0.1) is 11.3 Å². The molecule has 0 saturated carbocycles. The first-order chi connectivity index (χ1) is 6.31. The largest absolute Gasteiger partial charge is 0.492 e. The fourth-order valence-electron chi connectivity index (χ4n) is 1.52. The maximum Gasteiger partial charge on any atom is 0.136 e. The average Bonchev–Trinajstić information content (AvgIpc) is 2.53. The van der Waals surface area contributed by atoms with Crippen molar-refractivity contribution in [3.8, 4) is 11.8 Å². The molecule has 0 N–H and O–H groups in total. The van der Waals surface area contributed by atoms with Crippen molar-refractivity contribution >= 4 is 15.9 Å². The van der Waals surface area contributed by atoms with Gasteiger partial charge < -0.3 is 4.74 Å². The number of ether oxygens (including phenoxy) is 1. The molecule has 0 aliphatic carbocycles. The van der Waals surface area contributed by atoms with Crippen LogP contribution >= 0.6 is 15.9 Å². The van der Waals surface area contributed by atoms with E-state index in [9.17, 15) is 0 Å². The van der Waals surface area contributed by atoms with Gasteiger partial charge in [-0.25, -0.2) is 0 Å². The Kier molecular flexibility index (Phi) is 2.24. The van der Waals surface area contributed by atoms with Gasteiger partial charge in [0.15, 0.2) is 0 Å². The van der Waals surface area contributed by atoms with Crippen molar-refractivity contribution < 1.29 is 4.74 Å². The summed E-state index contributed by atoms with van der Waals surface area (Å²) in [5.41, 5.74) is 2.26. The molecule has 2 rings (SSSR count). The van der Waals surface area contributed by atoms with Crippen LogP contribution in [0.2, 0.25) is 0 Å². The minimum Gasteiger partial charge on any atom is -0.492 e. The zero-order valence-electron chi connectivity index (χ0n) is 7.01. The molecule has 3 heteroatoms. The van der Waals surface area contributed by atoms with Gasteiger partial charge in [-0.15, -0.1) is 0 Å². The number of benzene rings is 1. The Morgan fingerprint density at radius 3 is 3.15 bits per heavy atom. The summed E-state index contributed by atoms with van der Waals surface area (Å²) in [7, 11) is 0. The lowest BCUT2D eigenvalue weighted by atomic mass is 10.1. The van der Waals surface area contributed by atoms with Crippen LogP contribution in [0.4, 0.5) is 0 Å². The molecule has 0 saturated heterocycles. The van der Waals surface area contributed by atoms with Gasteiger partial charge in [-0.3, -0.25) is 0 Å². The van der Waals surface area contributed by atoms with Gasteiger partial charge in [0.2, 0.25) is 0 Å². The van der Waals surface area contributed by atoms with E-state index in [1.165, 1.54) is 5.56 Å². The highest BCUT2D eigenvalue weighted by Gasteiger charge is 2.15. The maximum absolute atomic E-state index is 8.56. The Morgan fingerprint density at radius 2 is 2.38 bits per heavy atom. The fraction of sp³-hybridized carbons (Fsp3) is 0.300. The van der Waals surface area contributed by atoms with Crippen molar-refractivity contribution in [2.24, 2.45) is 0 Å². The van der Waals surface area contributed by atoms with Gasteiger partial charge in [0, 0.05) is 6.42 Å². The van der Waals surface area contributed by atoms with Crippen molar-refractivity contribution in [3.63, 3.8) is 0 Å². The number of hydrogen-bond donors (Lipinski definition) is 0. The van der Waals surface area contributed by atoms with Crippen molar-refractivity contribution in [2.75, 3.05) is 6.61 Å². The van der Waals surface area contributed by atoms with E-state index in [2.05, 4.69) is 28.1 Å². The molecule has 0 fully saturated rings. The predicted octanol–water partition coefficient (Wildman–Crippen LogP) is 2.45. The molecule has 2 nitrogen and oxygen atoms in total. The van der Waals surface area contributed by atoms with Crippen molar-refractivity contribution in [2.45, 2.75) is 12.8 Å². The summed E-state index contributed by atoms with van der Waals surface area (Å²) >= 11 is 3.43. The molecule has 1 aromatic rings. The first-order valence-corrected chi connectivity index (χ1v) is 4.91. The summed E-state index contributed by atoms with van der Waals surface area (Å²) in [6, 6.07) is 6.14. The SMILES string of the molecule is N#CCc1cc(Br)c2c(c1)CCO2. The molecule has 0 amide bonds. The lowest BCUT2D eigenvalue weighted by Gasteiger charge is -2.03. The van der Waals surface area contributed by atoms with Gasteiger partial charge in [-0.1, -0.05) is 6.07 Å². The first kappa shape index (κ1) is 8.58. The van der Waals surface area contributed by atoms with Gasteiger partial charge >= 0.3 is 0 Å². The number of hydrogen-bond acceptors (Lipinski definition) is 2. The van der Waals surface area contributed by atoms with Crippen molar-refractivity contribution in [3.05, 3.63) is 27.7 Å². The third-order valence-corrected chi connectivity index (χ3v) is 2.67. The Morgan fingerprint density at radius 1 is 1.54 bits per heavy atom. The molecule has 66 valence electrons. The van der Waals surface area contributed by atoms with Gasteiger partial charge in [-0.05, 0) is 33.1 Å². The van der Waals surface area contributed by atoms with Crippen molar-refractivity contribution in [1.82, 2.24) is 0 Å². The topological polar surface area (TPSA) is 33.0 Å². The van der Waals surface area contributed by atoms with Crippen LogP contribution in [0.1, 0.15) is 11.1 Å². The number of fused-ring (bicyclic) bond motifs is 1. The molecule has 1 aliphatic heterocycles. The summed E-state index contributed by atoms with van der Waals surface area (Å²) in [6.45, 7) is 0.754. The Balaban J connectivity index is 2.44. The van der Waals surface area contributed by atoms with E-state index in [-0.39, 0.29) is 0 Å². The molecule has 13 heavy (non-hydrogen) atoms. The smallest absolute Gasteiger partial charge is 0.136 e. The van der Waals surface area contributed by atoms with Gasteiger partial charge in [-0.2, -0.15) is 5.26 Å². The molecular formula is C10H8BrNO. The number of rotatable bonds is 1.